The highest BCUT2D eigenvalue weighted by Gasteiger charge is 2.15. The number of pyridine rings is 1. The minimum Gasteiger partial charge on any atom is -0.398 e. The van der Waals surface area contributed by atoms with Gasteiger partial charge in [-0.3, -0.25) is 9.78 Å². The molecule has 2 rings (SSSR count). The average molecular weight is 287 g/mol. The van der Waals surface area contributed by atoms with Gasteiger partial charge in [-0.05, 0) is 43.2 Å². The number of carbonyl (C=O) groups is 1. The molecule has 1 aromatic heterocycles. The first-order chi connectivity index (χ1) is 9.99. The van der Waals surface area contributed by atoms with Crippen LogP contribution in [0.4, 0.5) is 10.1 Å². The van der Waals surface area contributed by atoms with Crippen LogP contribution in [0, 0.1) is 12.7 Å². The van der Waals surface area contributed by atoms with Gasteiger partial charge in [0.1, 0.15) is 5.82 Å². The van der Waals surface area contributed by atoms with Crippen molar-refractivity contribution in [2.75, 3.05) is 19.3 Å². The van der Waals surface area contributed by atoms with Crippen LogP contribution in [0.25, 0.3) is 0 Å². The Kier molecular flexibility index (Phi) is 4.52. The molecule has 110 valence electrons. The maximum atomic E-state index is 13.7. The van der Waals surface area contributed by atoms with E-state index < -0.39 is 5.82 Å². The van der Waals surface area contributed by atoms with Gasteiger partial charge in [0.15, 0.2) is 0 Å². The molecule has 1 amide bonds. The minimum absolute atomic E-state index is 0.241. The maximum Gasteiger partial charge on any atom is 0.253 e. The van der Waals surface area contributed by atoms with E-state index in [1.54, 1.807) is 31.3 Å². The second kappa shape index (κ2) is 6.35. The molecular formula is C16H18FN3O. The van der Waals surface area contributed by atoms with Gasteiger partial charge >= 0.3 is 0 Å². The number of anilines is 1. The third-order valence-corrected chi connectivity index (χ3v) is 3.46. The SMILES string of the molecule is Cc1c(N)cc(C(=O)N(C)CCc2ccncc2)cc1F. The lowest BCUT2D eigenvalue weighted by molar-refractivity contribution is 0.0796. The third kappa shape index (κ3) is 3.56. The van der Waals surface area contributed by atoms with Crippen molar-refractivity contribution >= 4 is 11.6 Å². The highest BCUT2D eigenvalue weighted by atomic mass is 19.1. The lowest BCUT2D eigenvalue weighted by atomic mass is 10.1. The van der Waals surface area contributed by atoms with Gasteiger partial charge in [-0.25, -0.2) is 4.39 Å². The summed E-state index contributed by atoms with van der Waals surface area (Å²) >= 11 is 0. The summed E-state index contributed by atoms with van der Waals surface area (Å²) in [6.07, 6.45) is 4.15. The number of nitrogen functional groups attached to an aromatic ring is 1. The van der Waals surface area contributed by atoms with E-state index in [0.717, 1.165) is 5.56 Å². The summed E-state index contributed by atoms with van der Waals surface area (Å²) < 4.78 is 13.7. The Hall–Kier alpha value is -2.43. The molecule has 0 bridgehead atoms. The molecular weight excluding hydrogens is 269 g/mol. The topological polar surface area (TPSA) is 59.2 Å². The zero-order chi connectivity index (χ0) is 15.4. The van der Waals surface area contributed by atoms with Crippen LogP contribution in [0.1, 0.15) is 21.5 Å². The highest BCUT2D eigenvalue weighted by molar-refractivity contribution is 5.95. The Morgan fingerprint density at radius 1 is 1.33 bits per heavy atom. The fourth-order valence-corrected chi connectivity index (χ4v) is 1.99. The number of hydrogen-bond acceptors (Lipinski definition) is 3. The molecule has 0 atom stereocenters. The number of carbonyl (C=O) groups excluding carboxylic acids is 1. The quantitative estimate of drug-likeness (QED) is 0.879. The van der Waals surface area contributed by atoms with Gasteiger partial charge in [0.2, 0.25) is 0 Å². The molecule has 5 heteroatoms. The van der Waals surface area contributed by atoms with E-state index in [2.05, 4.69) is 4.98 Å². The molecule has 0 saturated heterocycles. The van der Waals surface area contributed by atoms with Gasteiger partial charge in [0.25, 0.3) is 5.91 Å². The number of amides is 1. The predicted molar refractivity (Wildman–Crippen MR) is 80.5 cm³/mol. The summed E-state index contributed by atoms with van der Waals surface area (Å²) in [6, 6.07) is 6.56. The maximum absolute atomic E-state index is 13.7. The van der Waals surface area contributed by atoms with Crippen LogP contribution in [0.3, 0.4) is 0 Å². The Labute approximate surface area is 123 Å². The van der Waals surface area contributed by atoms with Crippen molar-refractivity contribution in [2.24, 2.45) is 0 Å². The largest absolute Gasteiger partial charge is 0.398 e. The molecule has 2 N–H and O–H groups in total. The first kappa shape index (κ1) is 15.0. The molecule has 4 nitrogen and oxygen atoms in total. The highest BCUT2D eigenvalue weighted by Crippen LogP contribution is 2.18. The number of aromatic nitrogens is 1. The number of hydrogen-bond donors (Lipinski definition) is 1. The Morgan fingerprint density at radius 3 is 2.62 bits per heavy atom. The molecule has 2 aromatic rings. The summed E-state index contributed by atoms with van der Waals surface area (Å²) in [5.74, 6) is -0.699. The van der Waals surface area contributed by atoms with Crippen molar-refractivity contribution in [2.45, 2.75) is 13.3 Å². The average Bonchev–Trinajstić information content (AvgIpc) is 2.50. The Balaban J connectivity index is 2.06. The summed E-state index contributed by atoms with van der Waals surface area (Å²) in [6.45, 7) is 2.13. The molecule has 0 aliphatic rings. The first-order valence-corrected chi connectivity index (χ1v) is 6.69. The molecule has 21 heavy (non-hydrogen) atoms. The lowest BCUT2D eigenvalue weighted by Gasteiger charge is -2.18. The van der Waals surface area contributed by atoms with Gasteiger partial charge in [0.05, 0.1) is 0 Å². The van der Waals surface area contributed by atoms with Gasteiger partial charge in [-0.1, -0.05) is 0 Å². The van der Waals surface area contributed by atoms with Crippen molar-refractivity contribution in [1.82, 2.24) is 9.88 Å². The van der Waals surface area contributed by atoms with Crippen LogP contribution in [0.2, 0.25) is 0 Å². The molecule has 1 aromatic carbocycles. The molecule has 0 aliphatic carbocycles. The van der Waals surface area contributed by atoms with Crippen molar-refractivity contribution < 1.29 is 9.18 Å². The number of nitrogens with two attached hydrogens (primary N) is 1. The summed E-state index contributed by atoms with van der Waals surface area (Å²) in [5.41, 5.74) is 7.73. The smallest absolute Gasteiger partial charge is 0.253 e. The molecule has 0 saturated carbocycles. The standard InChI is InChI=1S/C16H18FN3O/c1-11-14(17)9-13(10-15(11)18)16(21)20(2)8-5-12-3-6-19-7-4-12/h3-4,6-7,9-10H,5,8,18H2,1-2H3. The number of benzene rings is 1. The predicted octanol–water partition coefficient (Wildman–Crippen LogP) is 2.43. The molecule has 0 spiro atoms. The number of likely N-dealkylation sites (N-methyl/N-ethyl adjacent to an activating group) is 1. The second-order valence-electron chi connectivity index (χ2n) is 5.00. The van der Waals surface area contributed by atoms with Crippen LogP contribution in [-0.4, -0.2) is 29.4 Å². The van der Waals surface area contributed by atoms with E-state index in [-0.39, 0.29) is 11.5 Å². The summed E-state index contributed by atoms with van der Waals surface area (Å²) in [5, 5.41) is 0. The van der Waals surface area contributed by atoms with Crippen LogP contribution in [-0.2, 0) is 6.42 Å². The van der Waals surface area contributed by atoms with Crippen LogP contribution in [0.15, 0.2) is 36.7 Å². The monoisotopic (exact) mass is 287 g/mol. The minimum atomic E-state index is -0.458. The number of halogens is 1. The fourth-order valence-electron chi connectivity index (χ4n) is 1.99. The Bertz CT molecular complexity index is 620. The van der Waals surface area contributed by atoms with Crippen LogP contribution >= 0.6 is 0 Å². The van der Waals surface area contributed by atoms with E-state index >= 15 is 0 Å². The van der Waals surface area contributed by atoms with Crippen molar-refractivity contribution in [3.8, 4) is 0 Å². The summed E-state index contributed by atoms with van der Waals surface area (Å²) in [4.78, 5) is 17.8. The van der Waals surface area contributed by atoms with E-state index in [9.17, 15) is 9.18 Å². The lowest BCUT2D eigenvalue weighted by Crippen LogP contribution is -2.29. The zero-order valence-corrected chi connectivity index (χ0v) is 12.1. The van der Waals surface area contributed by atoms with Gasteiger partial charge < -0.3 is 10.6 Å². The molecule has 0 radical (unpaired) electrons. The van der Waals surface area contributed by atoms with Gasteiger partial charge in [-0.15, -0.1) is 0 Å². The van der Waals surface area contributed by atoms with Gasteiger partial charge in [-0.2, -0.15) is 0 Å². The van der Waals surface area contributed by atoms with Gasteiger partial charge in [0, 0.05) is 42.8 Å². The molecule has 1 heterocycles. The summed E-state index contributed by atoms with van der Waals surface area (Å²) in [7, 11) is 1.69. The van der Waals surface area contributed by atoms with E-state index in [0.29, 0.717) is 24.2 Å². The van der Waals surface area contributed by atoms with E-state index in [1.165, 1.54) is 12.1 Å². The molecule has 0 aliphatic heterocycles. The van der Waals surface area contributed by atoms with Crippen LogP contribution in [0.5, 0.6) is 0 Å². The second-order valence-corrected chi connectivity index (χ2v) is 5.00. The van der Waals surface area contributed by atoms with E-state index in [1.807, 2.05) is 12.1 Å². The van der Waals surface area contributed by atoms with E-state index in [4.69, 9.17) is 5.73 Å². The number of nitrogens with zero attached hydrogens (tertiary/aromatic N) is 2. The Morgan fingerprint density at radius 2 is 2.00 bits per heavy atom. The molecule has 0 unspecified atom stereocenters. The van der Waals surface area contributed by atoms with Crippen molar-refractivity contribution in [1.29, 1.82) is 0 Å². The van der Waals surface area contributed by atoms with Crippen molar-refractivity contribution in [3.05, 3.63) is 59.2 Å². The zero-order valence-electron chi connectivity index (χ0n) is 12.1. The molecule has 0 fully saturated rings. The fraction of sp³-hybridized carbons (Fsp3) is 0.250. The number of rotatable bonds is 4. The third-order valence-electron chi connectivity index (χ3n) is 3.46. The van der Waals surface area contributed by atoms with Crippen molar-refractivity contribution in [3.63, 3.8) is 0 Å². The first-order valence-electron chi connectivity index (χ1n) is 6.69. The normalized spacial score (nSPS) is 10.4. The van der Waals surface area contributed by atoms with Crippen LogP contribution < -0.4 is 5.73 Å².